The molecule has 7 nitrogen and oxygen atoms in total. The molecule has 0 aromatic carbocycles. The van der Waals surface area contributed by atoms with Crippen molar-refractivity contribution in [3.8, 4) is 0 Å². The lowest BCUT2D eigenvalue weighted by Gasteiger charge is -2.42. The Labute approximate surface area is 195 Å². The zero-order valence-corrected chi connectivity index (χ0v) is 20.6. The van der Waals surface area contributed by atoms with Crippen LogP contribution in [0.5, 0.6) is 0 Å². The second-order valence-electron chi connectivity index (χ2n) is 10.6. The average Bonchev–Trinajstić information content (AvgIpc) is 3.25. The van der Waals surface area contributed by atoms with E-state index < -0.39 is 38.9 Å². The Hall–Kier alpha value is -1.54. The maximum atomic E-state index is 14.1. The van der Waals surface area contributed by atoms with Gasteiger partial charge in [0, 0.05) is 30.0 Å². The van der Waals surface area contributed by atoms with Crippen LogP contribution in [-0.4, -0.2) is 78.6 Å². The van der Waals surface area contributed by atoms with Crippen LogP contribution < -0.4 is 0 Å². The first-order valence-corrected chi connectivity index (χ1v) is 12.5. The van der Waals surface area contributed by atoms with Gasteiger partial charge in [-0.25, -0.2) is 0 Å². The second kappa shape index (κ2) is 9.01. The molecule has 3 rings (SSSR count). The van der Waals surface area contributed by atoms with E-state index in [0.717, 1.165) is 25.7 Å². The number of carbonyl (C=O) groups is 3. The summed E-state index contributed by atoms with van der Waals surface area (Å²) < 4.78 is -1.22. The smallest absolute Gasteiger partial charge is 0.308 e. The van der Waals surface area contributed by atoms with E-state index in [0.29, 0.717) is 25.9 Å². The van der Waals surface area contributed by atoms with Crippen molar-refractivity contribution < 1.29 is 24.6 Å². The first-order valence-electron chi connectivity index (χ1n) is 11.7. The summed E-state index contributed by atoms with van der Waals surface area (Å²) in [5.41, 5.74) is -0.451. The Balaban J connectivity index is 1.99. The molecule has 2 bridgehead atoms. The van der Waals surface area contributed by atoms with Crippen molar-refractivity contribution in [2.45, 2.75) is 87.3 Å². The number of hydrogen-bond acceptors (Lipinski definition) is 5. The van der Waals surface area contributed by atoms with Gasteiger partial charge in [-0.3, -0.25) is 14.4 Å². The van der Waals surface area contributed by atoms with E-state index in [1.807, 2.05) is 27.7 Å². The number of aliphatic carboxylic acids is 1. The van der Waals surface area contributed by atoms with Crippen LogP contribution in [0.1, 0.15) is 66.2 Å². The van der Waals surface area contributed by atoms with E-state index in [4.69, 9.17) is 5.11 Å². The maximum Gasteiger partial charge on any atom is 0.308 e. The highest BCUT2D eigenvalue weighted by Crippen LogP contribution is 2.71. The van der Waals surface area contributed by atoms with Gasteiger partial charge in [0.1, 0.15) is 6.04 Å². The van der Waals surface area contributed by atoms with E-state index in [9.17, 15) is 19.5 Å². The summed E-state index contributed by atoms with van der Waals surface area (Å²) in [6.07, 6.45) is 6.24. The molecule has 3 fully saturated rings. The Morgan fingerprint density at radius 1 is 1.25 bits per heavy atom. The zero-order chi connectivity index (χ0) is 23.9. The van der Waals surface area contributed by atoms with Gasteiger partial charge in [0.2, 0.25) is 11.8 Å². The molecule has 180 valence electrons. The second-order valence-corrected chi connectivity index (χ2v) is 12.5. The number of carboxylic acids is 1. The normalized spacial score (nSPS) is 33.5. The largest absolute Gasteiger partial charge is 0.481 e. The Morgan fingerprint density at radius 3 is 2.47 bits per heavy atom. The molecule has 0 aromatic rings. The quantitative estimate of drug-likeness (QED) is 0.379. The highest BCUT2D eigenvalue weighted by atomic mass is 32.2. The third-order valence-corrected chi connectivity index (χ3v) is 9.46. The van der Waals surface area contributed by atoms with Gasteiger partial charge in [0.15, 0.2) is 0 Å². The molecule has 2 N–H and O–H groups in total. The van der Waals surface area contributed by atoms with Gasteiger partial charge >= 0.3 is 5.97 Å². The molecule has 0 aliphatic carbocycles. The number of thioether (sulfide) groups is 1. The molecule has 32 heavy (non-hydrogen) atoms. The minimum atomic E-state index is -0.935. The standard InChI is InChI=1S/C24H38N2O5S/c1-6-13-26(22(2,3)4)20(29)18-24-12-11-23(5,32-24)17(21(30)31)16(24)19(28)25(18)14-9-7-8-10-15-27/h6,16-18,27H,1,7-15H2,2-5H3,(H,30,31)/t16-,17+,18?,23-,24?/m0/s1. The SMILES string of the molecule is C=CCN(C(=O)C1N(CCCCCCO)C(=O)[C@@H]2[C@H](C(=O)O)[C@]3(C)CCC12S3)C(C)(C)C. The number of nitrogens with zero attached hydrogens (tertiary/aromatic N) is 2. The topological polar surface area (TPSA) is 98.2 Å². The lowest BCUT2D eigenvalue weighted by molar-refractivity contribution is -0.150. The summed E-state index contributed by atoms with van der Waals surface area (Å²) in [5.74, 6) is -2.66. The van der Waals surface area contributed by atoms with Gasteiger partial charge in [0.05, 0.1) is 16.6 Å². The van der Waals surface area contributed by atoms with Crippen molar-refractivity contribution >= 4 is 29.5 Å². The molecule has 0 aromatic heterocycles. The van der Waals surface area contributed by atoms with Crippen LogP contribution in [0.15, 0.2) is 12.7 Å². The fourth-order valence-electron chi connectivity index (χ4n) is 6.04. The first-order chi connectivity index (χ1) is 14.9. The number of likely N-dealkylation sites (tertiary alicyclic amines) is 1. The van der Waals surface area contributed by atoms with Crippen LogP contribution in [-0.2, 0) is 14.4 Å². The Morgan fingerprint density at radius 2 is 1.91 bits per heavy atom. The highest BCUT2D eigenvalue weighted by molar-refractivity contribution is 8.02. The van der Waals surface area contributed by atoms with Crippen molar-refractivity contribution in [3.63, 3.8) is 0 Å². The molecule has 3 aliphatic heterocycles. The monoisotopic (exact) mass is 466 g/mol. The number of fused-ring (bicyclic) bond motifs is 1. The van der Waals surface area contributed by atoms with Crippen LogP contribution in [0.25, 0.3) is 0 Å². The maximum absolute atomic E-state index is 14.1. The lowest BCUT2D eigenvalue weighted by atomic mass is 9.66. The number of carbonyl (C=O) groups excluding carboxylic acids is 2. The molecule has 5 atom stereocenters. The molecule has 8 heteroatoms. The first kappa shape index (κ1) is 25.1. The van der Waals surface area contributed by atoms with Gasteiger partial charge in [-0.2, -0.15) is 0 Å². The molecule has 3 aliphatic rings. The molecule has 0 saturated carbocycles. The van der Waals surface area contributed by atoms with Gasteiger partial charge in [-0.15, -0.1) is 18.3 Å². The zero-order valence-electron chi connectivity index (χ0n) is 19.8. The van der Waals surface area contributed by atoms with Crippen LogP contribution in [0, 0.1) is 11.8 Å². The van der Waals surface area contributed by atoms with Crippen LogP contribution in [0.3, 0.4) is 0 Å². The average molecular weight is 467 g/mol. The number of hydrogen-bond donors (Lipinski definition) is 2. The van der Waals surface area contributed by atoms with Gasteiger partial charge in [-0.05, 0) is 53.4 Å². The highest BCUT2D eigenvalue weighted by Gasteiger charge is 2.77. The van der Waals surface area contributed by atoms with Crippen LogP contribution in [0.2, 0.25) is 0 Å². The predicted molar refractivity (Wildman–Crippen MR) is 125 cm³/mol. The Bertz CT molecular complexity index is 781. The molecule has 0 radical (unpaired) electrons. The summed E-state index contributed by atoms with van der Waals surface area (Å²) in [5, 5.41) is 19.1. The van der Waals surface area contributed by atoms with Gasteiger partial charge in [0.25, 0.3) is 0 Å². The minimum Gasteiger partial charge on any atom is -0.481 e. The van der Waals surface area contributed by atoms with E-state index in [1.54, 1.807) is 27.6 Å². The molecule has 2 amide bonds. The summed E-state index contributed by atoms with van der Waals surface area (Å²) in [7, 11) is 0. The van der Waals surface area contributed by atoms with Crippen molar-refractivity contribution in [2.75, 3.05) is 19.7 Å². The van der Waals surface area contributed by atoms with Crippen LogP contribution in [0.4, 0.5) is 0 Å². The fraction of sp³-hybridized carbons (Fsp3) is 0.792. The number of aliphatic hydroxyl groups is 1. The van der Waals surface area contributed by atoms with Crippen molar-refractivity contribution in [1.29, 1.82) is 0 Å². The summed E-state index contributed by atoms with van der Waals surface area (Å²) in [6, 6.07) is -0.659. The summed E-state index contributed by atoms with van der Waals surface area (Å²) >= 11 is 1.58. The molecule has 2 unspecified atom stereocenters. The van der Waals surface area contributed by atoms with Gasteiger partial charge < -0.3 is 20.0 Å². The predicted octanol–water partition coefficient (Wildman–Crippen LogP) is 2.92. The molecule has 3 heterocycles. The molecular formula is C24H38N2O5S. The number of carboxylic acid groups (broad SMARTS) is 1. The fourth-order valence-corrected chi connectivity index (χ4v) is 8.38. The summed E-state index contributed by atoms with van der Waals surface area (Å²) in [6.45, 7) is 12.6. The van der Waals surface area contributed by atoms with Crippen LogP contribution >= 0.6 is 11.8 Å². The van der Waals surface area contributed by atoms with Gasteiger partial charge in [-0.1, -0.05) is 18.9 Å². The van der Waals surface area contributed by atoms with E-state index in [-0.39, 0.29) is 18.4 Å². The third-order valence-electron chi connectivity index (χ3n) is 7.47. The third kappa shape index (κ3) is 3.98. The molecule has 1 spiro atoms. The van der Waals surface area contributed by atoms with E-state index >= 15 is 0 Å². The molecule has 3 saturated heterocycles. The van der Waals surface area contributed by atoms with Crippen molar-refractivity contribution in [1.82, 2.24) is 9.80 Å². The number of amides is 2. The summed E-state index contributed by atoms with van der Waals surface area (Å²) in [4.78, 5) is 43.5. The van der Waals surface area contributed by atoms with E-state index in [1.165, 1.54) is 0 Å². The van der Waals surface area contributed by atoms with Crippen molar-refractivity contribution in [3.05, 3.63) is 12.7 Å². The minimum absolute atomic E-state index is 0.105. The number of rotatable bonds is 10. The number of aliphatic hydroxyl groups excluding tert-OH is 1. The number of unbranched alkanes of at least 4 members (excludes halogenated alkanes) is 3. The molecular weight excluding hydrogens is 428 g/mol. The lowest BCUT2D eigenvalue weighted by Crippen LogP contribution is -2.58. The van der Waals surface area contributed by atoms with E-state index in [2.05, 4.69) is 6.58 Å². The van der Waals surface area contributed by atoms with Crippen molar-refractivity contribution in [2.24, 2.45) is 11.8 Å². The Kier molecular flexibility index (Phi) is 7.06.